The number of nitriles is 2. The summed E-state index contributed by atoms with van der Waals surface area (Å²) in [5.74, 6) is 1.12. The second kappa shape index (κ2) is 18.3. The molecule has 0 aliphatic carbocycles. The standard InChI is InChI=1S/C29H18N2O2S2.CH10N2P4/c30-18-20-1-5-22(6-2-20)24-9-13-26(14-10-24)34-28(32)17-29(33)35-27-15-11-25(12-16-27)23-7-3-21(19-31)4-8-23;2-6-5-1-7(3)4/h1-16H,17H2;5-6H,1-4H2. The van der Waals surface area contributed by atoms with Crippen LogP contribution in [0.5, 0.6) is 0 Å². The summed E-state index contributed by atoms with van der Waals surface area (Å²) >= 11 is 2.11. The van der Waals surface area contributed by atoms with Crippen LogP contribution < -0.4 is 11.0 Å². The molecule has 4 rings (SSSR count). The predicted octanol–water partition coefficient (Wildman–Crippen LogP) is 8.33. The molecule has 0 fully saturated rings. The molecule has 4 unspecified atom stereocenters. The Morgan fingerprint density at radius 1 is 0.690 bits per heavy atom. The summed E-state index contributed by atoms with van der Waals surface area (Å²) in [5, 5.41) is 17.4. The van der Waals surface area contributed by atoms with E-state index in [4.69, 9.17) is 21.5 Å². The van der Waals surface area contributed by atoms with E-state index in [0.29, 0.717) is 19.5 Å². The second-order valence-electron chi connectivity index (χ2n) is 8.55. The van der Waals surface area contributed by atoms with E-state index in [2.05, 4.69) is 21.1 Å². The van der Waals surface area contributed by atoms with Gasteiger partial charge in [0, 0.05) is 15.7 Å². The molecule has 212 valence electrons. The SMILES string of the molecule is N#Cc1ccc(-c2ccc(SC(=O)CC(=O)Sc3ccc(-c4ccc(C#N)cc4)cc3)cc2)cc1.NPPCP(N)P. The van der Waals surface area contributed by atoms with E-state index in [1.54, 1.807) is 24.3 Å². The summed E-state index contributed by atoms with van der Waals surface area (Å²) < 4.78 is 0. The fraction of sp³-hybridized carbons (Fsp3) is 0.0667. The number of thioether (sulfide) groups is 2. The van der Waals surface area contributed by atoms with Gasteiger partial charge in [-0.1, -0.05) is 89.3 Å². The van der Waals surface area contributed by atoms with E-state index in [1.807, 2.05) is 72.8 Å². The van der Waals surface area contributed by atoms with E-state index < -0.39 is 0 Å². The Hall–Kier alpha value is -2.46. The molecule has 0 aliphatic heterocycles. The first-order chi connectivity index (χ1) is 20.3. The number of hydrogen-bond acceptors (Lipinski definition) is 8. The highest BCUT2D eigenvalue weighted by Gasteiger charge is 2.13. The van der Waals surface area contributed by atoms with Crippen molar-refractivity contribution in [1.82, 2.24) is 0 Å². The van der Waals surface area contributed by atoms with Crippen molar-refractivity contribution in [3.8, 4) is 34.4 Å². The van der Waals surface area contributed by atoms with Gasteiger partial charge in [0.25, 0.3) is 0 Å². The molecule has 0 saturated carbocycles. The van der Waals surface area contributed by atoms with Gasteiger partial charge in [-0.05, 0) is 87.0 Å². The average Bonchev–Trinajstić information content (AvgIpc) is 3.01. The molecule has 4 atom stereocenters. The molecule has 42 heavy (non-hydrogen) atoms. The van der Waals surface area contributed by atoms with Gasteiger partial charge >= 0.3 is 0 Å². The van der Waals surface area contributed by atoms with Crippen LogP contribution in [0.15, 0.2) is 107 Å². The first-order valence-corrected chi connectivity index (χ1v) is 20.5. The number of rotatable bonds is 9. The smallest absolute Gasteiger partial charge is 0.201 e. The minimum atomic E-state index is -0.250. The summed E-state index contributed by atoms with van der Waals surface area (Å²) in [5.41, 5.74) is 15.9. The fourth-order valence-corrected chi connectivity index (χ4v) is 11.1. The summed E-state index contributed by atoms with van der Waals surface area (Å²) in [4.78, 5) is 26.4. The first-order valence-electron chi connectivity index (χ1n) is 12.4. The van der Waals surface area contributed by atoms with Gasteiger partial charge in [0.1, 0.15) is 0 Å². The van der Waals surface area contributed by atoms with E-state index in [-0.39, 0.29) is 24.4 Å². The minimum Gasteiger partial charge on any atom is -0.309 e. The van der Waals surface area contributed by atoms with E-state index >= 15 is 0 Å². The summed E-state index contributed by atoms with van der Waals surface area (Å²) in [6, 6.07) is 33.9. The first kappa shape index (κ1) is 34.0. The molecule has 0 bridgehead atoms. The van der Waals surface area contributed by atoms with E-state index in [1.165, 1.54) is 0 Å². The Labute approximate surface area is 261 Å². The van der Waals surface area contributed by atoms with Crippen LogP contribution in [0.3, 0.4) is 0 Å². The molecule has 0 heterocycles. The van der Waals surface area contributed by atoms with Crippen LogP contribution in [0.4, 0.5) is 0 Å². The normalized spacial score (nSPS) is 11.5. The van der Waals surface area contributed by atoms with Gasteiger partial charge in [0.15, 0.2) is 0 Å². The number of carbonyl (C=O) groups is 2. The lowest BCUT2D eigenvalue weighted by atomic mass is 10.0. The maximum Gasteiger partial charge on any atom is 0.201 e. The van der Waals surface area contributed by atoms with Gasteiger partial charge in [-0.3, -0.25) is 9.59 Å². The van der Waals surface area contributed by atoms with Crippen LogP contribution in [0.25, 0.3) is 22.3 Å². The van der Waals surface area contributed by atoms with Gasteiger partial charge in [-0.25, -0.2) is 0 Å². The Morgan fingerprint density at radius 3 is 1.29 bits per heavy atom. The molecule has 6 nitrogen and oxygen atoms in total. The number of carbonyl (C=O) groups excluding carboxylic acids is 2. The highest BCUT2D eigenvalue weighted by atomic mass is 32.2. The highest BCUT2D eigenvalue weighted by molar-refractivity contribution is 8.21. The van der Waals surface area contributed by atoms with Crippen molar-refractivity contribution in [2.24, 2.45) is 11.0 Å². The summed E-state index contributed by atoms with van der Waals surface area (Å²) in [6.45, 7) is 0. The van der Waals surface area contributed by atoms with Gasteiger partial charge in [0.05, 0.1) is 29.7 Å². The molecule has 0 amide bonds. The summed E-state index contributed by atoms with van der Waals surface area (Å²) in [6.07, 6.45) is -0.163. The van der Waals surface area contributed by atoms with Crippen molar-refractivity contribution < 1.29 is 9.59 Å². The van der Waals surface area contributed by atoms with Crippen LogP contribution in [0, 0.1) is 22.7 Å². The zero-order chi connectivity index (χ0) is 30.3. The molecule has 4 aromatic rings. The Morgan fingerprint density at radius 2 is 1.02 bits per heavy atom. The lowest BCUT2D eigenvalue weighted by Gasteiger charge is -2.05. The molecular formula is C30H28N4O2P4S2. The van der Waals surface area contributed by atoms with Crippen LogP contribution in [-0.2, 0) is 9.59 Å². The molecule has 0 radical (unpaired) electrons. The quantitative estimate of drug-likeness (QED) is 0.104. The van der Waals surface area contributed by atoms with Gasteiger partial charge in [-0.2, -0.15) is 10.5 Å². The van der Waals surface area contributed by atoms with Crippen molar-refractivity contribution >= 4 is 67.1 Å². The van der Waals surface area contributed by atoms with Gasteiger partial charge in [-0.15, -0.1) is 0 Å². The van der Waals surface area contributed by atoms with E-state index in [9.17, 15) is 9.59 Å². The average molecular weight is 665 g/mol. The van der Waals surface area contributed by atoms with Crippen LogP contribution in [0.1, 0.15) is 17.5 Å². The van der Waals surface area contributed by atoms with Crippen LogP contribution >= 0.6 is 56.9 Å². The molecular weight excluding hydrogens is 636 g/mol. The maximum atomic E-state index is 12.4. The van der Waals surface area contributed by atoms with Gasteiger partial charge < -0.3 is 11.0 Å². The third-order valence-corrected chi connectivity index (χ3v) is 13.3. The molecule has 0 aromatic heterocycles. The molecule has 4 N–H and O–H groups in total. The number of nitrogens with two attached hydrogens (primary N) is 2. The number of benzene rings is 4. The molecule has 12 heteroatoms. The zero-order valence-electron chi connectivity index (χ0n) is 22.4. The van der Waals surface area contributed by atoms with Crippen molar-refractivity contribution in [3.63, 3.8) is 0 Å². The van der Waals surface area contributed by atoms with Crippen molar-refractivity contribution in [3.05, 3.63) is 108 Å². The predicted molar refractivity (Wildman–Crippen MR) is 186 cm³/mol. The third kappa shape index (κ3) is 11.7. The van der Waals surface area contributed by atoms with E-state index in [0.717, 1.165) is 69.7 Å². The van der Waals surface area contributed by atoms with Crippen molar-refractivity contribution in [2.75, 3.05) is 5.90 Å². The second-order valence-corrected chi connectivity index (χ2v) is 17.7. The maximum absolute atomic E-state index is 12.4. The molecule has 4 aromatic carbocycles. The highest BCUT2D eigenvalue weighted by Crippen LogP contribution is 2.46. The Bertz CT molecular complexity index is 1440. The van der Waals surface area contributed by atoms with Crippen LogP contribution in [0.2, 0.25) is 0 Å². The minimum absolute atomic E-state index is 0.163. The van der Waals surface area contributed by atoms with Crippen molar-refractivity contribution in [1.29, 1.82) is 10.5 Å². The molecule has 0 saturated heterocycles. The monoisotopic (exact) mass is 664 g/mol. The van der Waals surface area contributed by atoms with Crippen molar-refractivity contribution in [2.45, 2.75) is 16.2 Å². The zero-order valence-corrected chi connectivity index (χ0v) is 28.0. The summed E-state index contributed by atoms with van der Waals surface area (Å²) in [7, 11) is 3.84. The fourth-order valence-electron chi connectivity index (χ4n) is 3.50. The number of hydrogen-bond donors (Lipinski definition) is 2. The molecule has 0 spiro atoms. The number of nitrogens with zero attached hydrogens (tertiary/aromatic N) is 2. The molecule has 0 aliphatic rings. The lowest BCUT2D eigenvalue weighted by Crippen LogP contribution is -2.00. The topological polar surface area (TPSA) is 134 Å². The van der Waals surface area contributed by atoms with Crippen LogP contribution in [-0.4, -0.2) is 16.1 Å². The Balaban J connectivity index is 0.000000616. The Kier molecular flexibility index (Phi) is 14.8. The largest absolute Gasteiger partial charge is 0.309 e. The third-order valence-electron chi connectivity index (χ3n) is 5.52. The van der Waals surface area contributed by atoms with Gasteiger partial charge in [0.2, 0.25) is 10.2 Å². The lowest BCUT2D eigenvalue weighted by molar-refractivity contribution is -0.117.